The van der Waals surface area contributed by atoms with Crippen molar-refractivity contribution in [3.63, 3.8) is 0 Å². The van der Waals surface area contributed by atoms with Gasteiger partial charge in [0.15, 0.2) is 5.84 Å². The SMILES string of the molecule is NC(=NO)C1CCCN1S(=O)(=O)c1cn[nH]c1. The van der Waals surface area contributed by atoms with E-state index in [0.29, 0.717) is 19.4 Å². The highest BCUT2D eigenvalue weighted by molar-refractivity contribution is 7.89. The fourth-order valence-electron chi connectivity index (χ4n) is 1.91. The van der Waals surface area contributed by atoms with Gasteiger partial charge in [0.05, 0.1) is 12.2 Å². The molecule has 0 radical (unpaired) electrons. The lowest BCUT2D eigenvalue weighted by Crippen LogP contribution is -2.43. The van der Waals surface area contributed by atoms with Gasteiger partial charge >= 0.3 is 0 Å². The number of nitrogens with two attached hydrogens (primary N) is 1. The summed E-state index contributed by atoms with van der Waals surface area (Å²) in [4.78, 5) is 0.0788. The predicted molar refractivity (Wildman–Crippen MR) is 58.9 cm³/mol. The van der Waals surface area contributed by atoms with Crippen molar-refractivity contribution < 1.29 is 13.6 Å². The molecule has 1 aliphatic rings. The Bertz CT molecular complexity index is 509. The minimum Gasteiger partial charge on any atom is -0.409 e. The van der Waals surface area contributed by atoms with E-state index in [9.17, 15) is 8.42 Å². The Hall–Kier alpha value is -1.61. The molecule has 0 bridgehead atoms. The van der Waals surface area contributed by atoms with Crippen molar-refractivity contribution in [1.29, 1.82) is 0 Å². The van der Waals surface area contributed by atoms with Crippen LogP contribution in [-0.4, -0.2) is 46.5 Å². The molecule has 0 saturated carbocycles. The van der Waals surface area contributed by atoms with Gasteiger partial charge in [-0.05, 0) is 12.8 Å². The molecular formula is C8H13N5O3S. The average molecular weight is 259 g/mol. The lowest BCUT2D eigenvalue weighted by Gasteiger charge is -2.21. The molecule has 4 N–H and O–H groups in total. The van der Waals surface area contributed by atoms with Crippen LogP contribution in [0.15, 0.2) is 22.4 Å². The summed E-state index contributed by atoms with van der Waals surface area (Å²) in [7, 11) is -3.63. The topological polar surface area (TPSA) is 125 Å². The number of H-pyrrole nitrogens is 1. The molecule has 1 aromatic rings. The molecule has 1 atom stereocenters. The standard InChI is InChI=1S/C8H13N5O3S/c9-8(12-14)7-2-1-3-13(7)17(15,16)6-4-10-11-5-6/h4-5,7,14H,1-3H2,(H2,9,12)(H,10,11). The van der Waals surface area contributed by atoms with E-state index in [1.54, 1.807) is 0 Å². The monoisotopic (exact) mass is 259 g/mol. The zero-order chi connectivity index (χ0) is 12.5. The number of hydrogen-bond donors (Lipinski definition) is 3. The van der Waals surface area contributed by atoms with Crippen LogP contribution in [0.5, 0.6) is 0 Å². The zero-order valence-corrected chi connectivity index (χ0v) is 9.76. The van der Waals surface area contributed by atoms with Crippen molar-refractivity contribution in [3.8, 4) is 0 Å². The first-order chi connectivity index (χ1) is 8.07. The predicted octanol–water partition coefficient (Wildman–Crippen LogP) is -0.691. The molecule has 1 unspecified atom stereocenters. The molecule has 0 spiro atoms. The maximum absolute atomic E-state index is 12.2. The van der Waals surface area contributed by atoms with Gasteiger partial charge < -0.3 is 10.9 Å². The van der Waals surface area contributed by atoms with Gasteiger partial charge in [-0.25, -0.2) is 8.42 Å². The Morgan fingerprint density at radius 3 is 3.06 bits per heavy atom. The van der Waals surface area contributed by atoms with E-state index < -0.39 is 16.1 Å². The average Bonchev–Trinajstić information content (AvgIpc) is 2.98. The molecule has 0 aromatic carbocycles. The Kier molecular flexibility index (Phi) is 3.03. The quantitative estimate of drug-likeness (QED) is 0.287. The van der Waals surface area contributed by atoms with Crippen LogP contribution >= 0.6 is 0 Å². The lowest BCUT2D eigenvalue weighted by molar-refractivity contribution is 0.311. The largest absolute Gasteiger partial charge is 0.409 e. The van der Waals surface area contributed by atoms with Crippen molar-refractivity contribution >= 4 is 15.9 Å². The fraction of sp³-hybridized carbons (Fsp3) is 0.500. The van der Waals surface area contributed by atoms with Crippen LogP contribution in [0, 0.1) is 0 Å². The molecule has 2 rings (SSSR count). The van der Waals surface area contributed by atoms with Gasteiger partial charge in [0.2, 0.25) is 10.0 Å². The minimum absolute atomic E-state index is 0.0788. The van der Waals surface area contributed by atoms with Crippen LogP contribution < -0.4 is 5.73 Å². The summed E-state index contributed by atoms with van der Waals surface area (Å²) in [5.41, 5.74) is 5.49. The summed E-state index contributed by atoms with van der Waals surface area (Å²) < 4.78 is 25.6. The summed E-state index contributed by atoms with van der Waals surface area (Å²) in [6.45, 7) is 0.356. The summed E-state index contributed by atoms with van der Waals surface area (Å²) in [6, 6.07) is -0.583. The van der Waals surface area contributed by atoms with E-state index in [4.69, 9.17) is 10.9 Å². The van der Waals surface area contributed by atoms with E-state index in [0.717, 1.165) is 0 Å². The number of oxime groups is 1. The molecule has 1 aromatic heterocycles. The fourth-order valence-corrected chi connectivity index (χ4v) is 3.48. The second kappa shape index (κ2) is 4.34. The molecule has 0 amide bonds. The van der Waals surface area contributed by atoms with Gasteiger partial charge in [-0.3, -0.25) is 5.10 Å². The van der Waals surface area contributed by atoms with E-state index in [1.165, 1.54) is 16.7 Å². The molecule has 1 saturated heterocycles. The first kappa shape index (κ1) is 11.9. The van der Waals surface area contributed by atoms with Crippen molar-refractivity contribution in [2.75, 3.05) is 6.54 Å². The van der Waals surface area contributed by atoms with Crippen LogP contribution in [0.25, 0.3) is 0 Å². The van der Waals surface area contributed by atoms with Gasteiger partial charge in [0.1, 0.15) is 4.90 Å². The Labute approximate surface area is 98.2 Å². The molecule has 1 fully saturated rings. The highest BCUT2D eigenvalue weighted by Gasteiger charge is 2.38. The zero-order valence-electron chi connectivity index (χ0n) is 8.94. The minimum atomic E-state index is -3.63. The number of sulfonamides is 1. The van der Waals surface area contributed by atoms with Crippen LogP contribution in [0.2, 0.25) is 0 Å². The number of nitrogens with one attached hydrogen (secondary N) is 1. The van der Waals surface area contributed by atoms with E-state index in [-0.39, 0.29) is 10.7 Å². The van der Waals surface area contributed by atoms with Crippen LogP contribution in [-0.2, 0) is 10.0 Å². The molecule has 8 nitrogen and oxygen atoms in total. The van der Waals surface area contributed by atoms with Gasteiger partial charge in [-0.2, -0.15) is 9.40 Å². The molecular weight excluding hydrogens is 246 g/mol. The van der Waals surface area contributed by atoms with Gasteiger partial charge in [-0.15, -0.1) is 0 Å². The third-order valence-corrected chi connectivity index (χ3v) is 4.61. The number of aromatic nitrogens is 2. The summed E-state index contributed by atoms with van der Waals surface area (Å²) in [6.07, 6.45) is 3.76. The molecule has 9 heteroatoms. The number of nitrogens with zero attached hydrogens (tertiary/aromatic N) is 3. The highest BCUT2D eigenvalue weighted by Crippen LogP contribution is 2.25. The van der Waals surface area contributed by atoms with Crippen molar-refractivity contribution in [2.45, 2.75) is 23.8 Å². The van der Waals surface area contributed by atoms with E-state index in [2.05, 4.69) is 15.4 Å². The highest BCUT2D eigenvalue weighted by atomic mass is 32.2. The van der Waals surface area contributed by atoms with Crippen LogP contribution in [0.1, 0.15) is 12.8 Å². The lowest BCUT2D eigenvalue weighted by atomic mass is 10.2. The van der Waals surface area contributed by atoms with Crippen molar-refractivity contribution in [1.82, 2.24) is 14.5 Å². The second-order valence-electron chi connectivity index (χ2n) is 3.73. The number of rotatable bonds is 3. The van der Waals surface area contributed by atoms with Crippen molar-refractivity contribution in [3.05, 3.63) is 12.4 Å². The normalized spacial score (nSPS) is 23.1. The second-order valence-corrected chi connectivity index (χ2v) is 5.62. The summed E-state index contributed by atoms with van der Waals surface area (Å²) >= 11 is 0. The summed E-state index contributed by atoms with van der Waals surface area (Å²) in [5, 5.41) is 17.6. The first-order valence-electron chi connectivity index (χ1n) is 5.05. The Morgan fingerprint density at radius 1 is 1.71 bits per heavy atom. The molecule has 0 aliphatic carbocycles. The maximum Gasteiger partial charge on any atom is 0.246 e. The van der Waals surface area contributed by atoms with Gasteiger partial charge in [0.25, 0.3) is 0 Å². The number of amidine groups is 1. The van der Waals surface area contributed by atoms with Crippen molar-refractivity contribution in [2.24, 2.45) is 10.9 Å². The van der Waals surface area contributed by atoms with Crippen LogP contribution in [0.4, 0.5) is 0 Å². The summed E-state index contributed by atoms with van der Waals surface area (Å²) in [5.74, 6) is -0.0884. The molecule has 94 valence electrons. The maximum atomic E-state index is 12.2. The Morgan fingerprint density at radius 2 is 2.47 bits per heavy atom. The Balaban J connectivity index is 2.34. The molecule has 1 aliphatic heterocycles. The van der Waals surface area contributed by atoms with E-state index >= 15 is 0 Å². The van der Waals surface area contributed by atoms with Gasteiger partial charge in [0, 0.05) is 12.7 Å². The third kappa shape index (κ3) is 1.98. The smallest absolute Gasteiger partial charge is 0.246 e. The molecule has 2 heterocycles. The number of aromatic amines is 1. The molecule has 17 heavy (non-hydrogen) atoms. The van der Waals surface area contributed by atoms with Crippen LogP contribution in [0.3, 0.4) is 0 Å². The van der Waals surface area contributed by atoms with Gasteiger partial charge in [-0.1, -0.05) is 5.16 Å². The first-order valence-corrected chi connectivity index (χ1v) is 6.49. The third-order valence-electron chi connectivity index (χ3n) is 2.74. The van der Waals surface area contributed by atoms with E-state index in [1.807, 2.05) is 0 Å². The number of hydrogen-bond acceptors (Lipinski definition) is 5.